The minimum Gasteiger partial charge on any atom is -0.508 e. The van der Waals surface area contributed by atoms with Crippen LogP contribution >= 0.6 is 0 Å². The Kier molecular flexibility index (Phi) is 2.17. The molecule has 1 fully saturated rings. The third-order valence-electron chi connectivity index (χ3n) is 3.48. The van der Waals surface area contributed by atoms with E-state index in [1.165, 1.54) is 5.69 Å². The lowest BCUT2D eigenvalue weighted by Crippen LogP contribution is -2.20. The lowest BCUT2D eigenvalue weighted by atomic mass is 9.70. The van der Waals surface area contributed by atoms with Gasteiger partial charge in [-0.25, -0.2) is 0 Å². The van der Waals surface area contributed by atoms with E-state index < -0.39 is 0 Å². The van der Waals surface area contributed by atoms with Crippen molar-refractivity contribution in [2.75, 3.05) is 0 Å². The number of H-pyrrole nitrogens is 1. The van der Waals surface area contributed by atoms with Gasteiger partial charge in [0.2, 0.25) is 0 Å². The molecule has 0 atom stereocenters. The number of benzene rings is 1. The molecule has 1 aromatic carbocycles. The summed E-state index contributed by atoms with van der Waals surface area (Å²) in [6.45, 7) is 0. The number of rotatable bonds is 2. The summed E-state index contributed by atoms with van der Waals surface area (Å²) in [6, 6.07) is 9.66. The fourth-order valence-electron chi connectivity index (χ4n) is 2.45. The first-order valence-corrected chi connectivity index (χ1v) is 5.62. The van der Waals surface area contributed by atoms with Crippen molar-refractivity contribution in [2.24, 2.45) is 0 Å². The van der Waals surface area contributed by atoms with Crippen LogP contribution < -0.4 is 0 Å². The largest absolute Gasteiger partial charge is 0.508 e. The topological polar surface area (TPSA) is 48.9 Å². The Morgan fingerprint density at radius 2 is 1.94 bits per heavy atom. The van der Waals surface area contributed by atoms with Crippen LogP contribution in [0.5, 0.6) is 5.75 Å². The van der Waals surface area contributed by atoms with Crippen LogP contribution in [0.3, 0.4) is 0 Å². The minimum absolute atomic E-state index is 0.426. The Balaban J connectivity index is 1.72. The fraction of sp³-hybridized carbons (Fsp3) is 0.308. The normalized spacial score (nSPS) is 24.0. The van der Waals surface area contributed by atoms with Crippen LogP contribution in [-0.4, -0.2) is 15.3 Å². The van der Waals surface area contributed by atoms with Gasteiger partial charge in [0, 0.05) is 17.8 Å². The Morgan fingerprint density at radius 1 is 1.12 bits per heavy atom. The molecule has 2 aromatic rings. The number of hydrogen-bond acceptors (Lipinski definition) is 2. The van der Waals surface area contributed by atoms with E-state index in [4.69, 9.17) is 0 Å². The smallest absolute Gasteiger partial charge is 0.119 e. The second kappa shape index (κ2) is 3.67. The molecule has 0 radical (unpaired) electrons. The van der Waals surface area contributed by atoms with Crippen molar-refractivity contribution in [1.82, 2.24) is 10.2 Å². The number of nitrogens with one attached hydrogen (secondary N) is 1. The first kappa shape index (κ1) is 9.46. The SMILES string of the molecule is Oc1ccccc1C1CC(c2ccn[nH]2)C1. The van der Waals surface area contributed by atoms with E-state index in [0.717, 1.165) is 18.4 Å². The summed E-state index contributed by atoms with van der Waals surface area (Å²) in [7, 11) is 0. The van der Waals surface area contributed by atoms with Gasteiger partial charge in [-0.2, -0.15) is 5.10 Å². The number of hydrogen-bond donors (Lipinski definition) is 2. The summed E-state index contributed by atoms with van der Waals surface area (Å²) in [4.78, 5) is 0. The molecule has 3 heteroatoms. The molecule has 0 bridgehead atoms. The van der Waals surface area contributed by atoms with Crippen molar-refractivity contribution < 1.29 is 5.11 Å². The average Bonchev–Trinajstić information content (AvgIpc) is 2.72. The number of aromatic hydroxyl groups is 1. The molecule has 3 rings (SSSR count). The molecule has 1 saturated carbocycles. The second-order valence-electron chi connectivity index (χ2n) is 4.44. The lowest BCUT2D eigenvalue weighted by Gasteiger charge is -2.35. The van der Waals surface area contributed by atoms with Gasteiger partial charge in [0.1, 0.15) is 5.75 Å². The Hall–Kier alpha value is -1.77. The molecule has 0 spiro atoms. The van der Waals surface area contributed by atoms with Gasteiger partial charge in [-0.05, 0) is 36.5 Å². The monoisotopic (exact) mass is 214 g/mol. The molecule has 1 heterocycles. The highest BCUT2D eigenvalue weighted by Crippen LogP contribution is 2.48. The number of phenolic OH excluding ortho intramolecular Hbond substituents is 1. The molecule has 1 aromatic heterocycles. The quantitative estimate of drug-likeness (QED) is 0.807. The lowest BCUT2D eigenvalue weighted by molar-refractivity contribution is 0.333. The molecule has 82 valence electrons. The summed E-state index contributed by atoms with van der Waals surface area (Å²) in [5, 5.41) is 16.7. The Labute approximate surface area is 94.1 Å². The Morgan fingerprint density at radius 3 is 2.62 bits per heavy atom. The summed E-state index contributed by atoms with van der Waals surface area (Å²) in [6.07, 6.45) is 3.99. The molecule has 2 N–H and O–H groups in total. The van der Waals surface area contributed by atoms with E-state index in [-0.39, 0.29) is 0 Å². The molecule has 1 aliphatic rings. The van der Waals surface area contributed by atoms with E-state index in [0.29, 0.717) is 17.6 Å². The van der Waals surface area contributed by atoms with E-state index in [1.807, 2.05) is 24.3 Å². The molecule has 0 amide bonds. The molecule has 0 unspecified atom stereocenters. The summed E-state index contributed by atoms with van der Waals surface area (Å²) in [5.41, 5.74) is 2.30. The molecule has 0 saturated heterocycles. The number of phenols is 1. The summed E-state index contributed by atoms with van der Waals surface area (Å²) < 4.78 is 0. The predicted molar refractivity (Wildman–Crippen MR) is 61.4 cm³/mol. The van der Waals surface area contributed by atoms with E-state index >= 15 is 0 Å². The predicted octanol–water partition coefficient (Wildman–Crippen LogP) is 2.78. The zero-order chi connectivity index (χ0) is 11.0. The average molecular weight is 214 g/mol. The van der Waals surface area contributed by atoms with Crippen molar-refractivity contribution in [2.45, 2.75) is 24.7 Å². The van der Waals surface area contributed by atoms with Crippen molar-refractivity contribution in [3.05, 3.63) is 47.8 Å². The fourth-order valence-corrected chi connectivity index (χ4v) is 2.45. The molecule has 0 aliphatic heterocycles. The van der Waals surface area contributed by atoms with Crippen molar-refractivity contribution in [1.29, 1.82) is 0 Å². The van der Waals surface area contributed by atoms with Crippen LogP contribution in [0.2, 0.25) is 0 Å². The molecular weight excluding hydrogens is 200 g/mol. The maximum absolute atomic E-state index is 9.74. The molecule has 3 nitrogen and oxygen atoms in total. The van der Waals surface area contributed by atoms with Gasteiger partial charge in [0.25, 0.3) is 0 Å². The van der Waals surface area contributed by atoms with Crippen LogP contribution in [0.25, 0.3) is 0 Å². The van der Waals surface area contributed by atoms with E-state index in [2.05, 4.69) is 10.2 Å². The molecule has 1 aliphatic carbocycles. The number of aromatic nitrogens is 2. The maximum atomic E-state index is 9.74. The third-order valence-corrected chi connectivity index (χ3v) is 3.48. The highest BCUT2D eigenvalue weighted by molar-refractivity contribution is 5.37. The van der Waals surface area contributed by atoms with Gasteiger partial charge in [0.05, 0.1) is 0 Å². The summed E-state index contributed by atoms with van der Waals surface area (Å²) in [5.74, 6) is 1.50. The van der Waals surface area contributed by atoms with Gasteiger partial charge in [-0.15, -0.1) is 0 Å². The van der Waals surface area contributed by atoms with Crippen LogP contribution in [0.4, 0.5) is 0 Å². The van der Waals surface area contributed by atoms with Crippen LogP contribution in [-0.2, 0) is 0 Å². The first-order valence-electron chi connectivity index (χ1n) is 5.62. The van der Waals surface area contributed by atoms with Crippen LogP contribution in [0, 0.1) is 0 Å². The Bertz CT molecular complexity index is 472. The molecular formula is C13H14N2O. The van der Waals surface area contributed by atoms with Crippen LogP contribution in [0.15, 0.2) is 36.5 Å². The zero-order valence-corrected chi connectivity index (χ0v) is 8.93. The van der Waals surface area contributed by atoms with Gasteiger partial charge >= 0.3 is 0 Å². The van der Waals surface area contributed by atoms with Crippen LogP contribution in [0.1, 0.15) is 35.9 Å². The number of nitrogens with zero attached hydrogens (tertiary/aromatic N) is 1. The maximum Gasteiger partial charge on any atom is 0.119 e. The van der Waals surface area contributed by atoms with Gasteiger partial charge < -0.3 is 5.11 Å². The minimum atomic E-state index is 0.426. The van der Waals surface area contributed by atoms with Gasteiger partial charge in [0.15, 0.2) is 0 Å². The van der Waals surface area contributed by atoms with E-state index in [1.54, 1.807) is 12.3 Å². The van der Waals surface area contributed by atoms with E-state index in [9.17, 15) is 5.11 Å². The van der Waals surface area contributed by atoms with Crippen molar-refractivity contribution in [3.63, 3.8) is 0 Å². The third kappa shape index (κ3) is 1.48. The zero-order valence-electron chi connectivity index (χ0n) is 8.93. The first-order chi connectivity index (χ1) is 7.84. The van der Waals surface area contributed by atoms with Crippen molar-refractivity contribution in [3.8, 4) is 5.75 Å². The number of para-hydroxylation sites is 1. The molecule has 16 heavy (non-hydrogen) atoms. The summed E-state index contributed by atoms with van der Waals surface area (Å²) >= 11 is 0. The highest BCUT2D eigenvalue weighted by atomic mass is 16.3. The standard InChI is InChI=1S/C13H14N2O/c16-13-4-2-1-3-11(13)9-7-10(8-9)12-5-6-14-15-12/h1-6,9-10,16H,7-8H2,(H,14,15). The van der Waals surface area contributed by atoms with Gasteiger partial charge in [-0.3, -0.25) is 5.10 Å². The highest BCUT2D eigenvalue weighted by Gasteiger charge is 2.33. The number of aromatic amines is 1. The van der Waals surface area contributed by atoms with Crippen molar-refractivity contribution >= 4 is 0 Å². The van der Waals surface area contributed by atoms with Gasteiger partial charge in [-0.1, -0.05) is 18.2 Å². The second-order valence-corrected chi connectivity index (χ2v) is 4.44.